The van der Waals surface area contributed by atoms with Gasteiger partial charge in [0.15, 0.2) is 0 Å². The van der Waals surface area contributed by atoms with Crippen LogP contribution in [0.25, 0.3) is 0 Å². The zero-order chi connectivity index (χ0) is 9.84. The minimum atomic E-state index is 0.332. The van der Waals surface area contributed by atoms with Gasteiger partial charge >= 0.3 is 0 Å². The van der Waals surface area contributed by atoms with E-state index in [1.165, 1.54) is 6.42 Å². The second-order valence-electron chi connectivity index (χ2n) is 4.46. The van der Waals surface area contributed by atoms with Gasteiger partial charge in [-0.3, -0.25) is 4.79 Å². The summed E-state index contributed by atoms with van der Waals surface area (Å²) in [4.78, 5) is 11.6. The van der Waals surface area contributed by atoms with Gasteiger partial charge in [-0.2, -0.15) is 0 Å². The molecule has 0 spiro atoms. The van der Waals surface area contributed by atoms with Crippen molar-refractivity contribution in [2.24, 2.45) is 17.8 Å². The number of rotatable bonds is 3. The van der Waals surface area contributed by atoms with Crippen LogP contribution < -0.4 is 5.32 Å². The number of Topliss-reactive ketones (excluding diaryl/α,β-unsaturated/α-hetero) is 1. The molecule has 76 valence electrons. The molecule has 2 nitrogen and oxygen atoms in total. The summed E-state index contributed by atoms with van der Waals surface area (Å²) in [6.45, 7) is 5.11. The van der Waals surface area contributed by atoms with Crippen LogP contribution in [0.5, 0.6) is 0 Å². The number of likely N-dealkylation sites (N-methyl/N-ethyl adjacent to an activating group) is 1. The van der Waals surface area contributed by atoms with E-state index in [2.05, 4.69) is 19.2 Å². The van der Waals surface area contributed by atoms with Gasteiger partial charge in [-0.15, -0.1) is 0 Å². The van der Waals surface area contributed by atoms with Crippen LogP contribution in [0, 0.1) is 17.8 Å². The standard InChI is InChI=1S/C11H21NO/c1-8-4-5-10(6-9(8)2)11(13)7-12-3/h8-10,12H,4-7H2,1-3H3. The molecule has 1 saturated carbocycles. The summed E-state index contributed by atoms with van der Waals surface area (Å²) in [7, 11) is 1.84. The summed E-state index contributed by atoms with van der Waals surface area (Å²) in [5, 5.41) is 2.94. The Hall–Kier alpha value is -0.370. The molecule has 0 aromatic rings. The number of carbonyl (C=O) groups excluding carboxylic acids is 1. The Labute approximate surface area is 81.1 Å². The van der Waals surface area contributed by atoms with Crippen molar-refractivity contribution in [3.8, 4) is 0 Å². The fourth-order valence-electron chi connectivity index (χ4n) is 2.16. The number of hydrogen-bond donors (Lipinski definition) is 1. The maximum Gasteiger partial charge on any atom is 0.149 e. The molecule has 0 saturated heterocycles. The molecule has 13 heavy (non-hydrogen) atoms. The lowest BCUT2D eigenvalue weighted by Crippen LogP contribution is -2.31. The number of carbonyl (C=O) groups is 1. The first-order valence-corrected chi connectivity index (χ1v) is 5.32. The van der Waals surface area contributed by atoms with Crippen LogP contribution >= 0.6 is 0 Å². The number of hydrogen-bond acceptors (Lipinski definition) is 2. The van der Waals surface area contributed by atoms with E-state index in [0.29, 0.717) is 18.2 Å². The lowest BCUT2D eigenvalue weighted by molar-refractivity contribution is -0.123. The Morgan fingerprint density at radius 1 is 1.31 bits per heavy atom. The fourth-order valence-corrected chi connectivity index (χ4v) is 2.16. The van der Waals surface area contributed by atoms with E-state index in [4.69, 9.17) is 0 Å². The molecule has 0 bridgehead atoms. The van der Waals surface area contributed by atoms with E-state index in [0.717, 1.165) is 24.7 Å². The molecule has 1 fully saturated rings. The summed E-state index contributed by atoms with van der Waals surface area (Å²) >= 11 is 0. The Morgan fingerprint density at radius 3 is 2.54 bits per heavy atom. The highest BCUT2D eigenvalue weighted by Crippen LogP contribution is 2.33. The first-order chi connectivity index (χ1) is 6.15. The van der Waals surface area contributed by atoms with E-state index in [1.54, 1.807) is 0 Å². The monoisotopic (exact) mass is 183 g/mol. The first kappa shape index (κ1) is 10.7. The molecular weight excluding hydrogens is 162 g/mol. The molecule has 3 unspecified atom stereocenters. The quantitative estimate of drug-likeness (QED) is 0.723. The van der Waals surface area contributed by atoms with Crippen molar-refractivity contribution >= 4 is 5.78 Å². The third-order valence-corrected chi connectivity index (χ3v) is 3.40. The first-order valence-electron chi connectivity index (χ1n) is 5.32. The lowest BCUT2D eigenvalue weighted by atomic mass is 9.74. The molecule has 0 aliphatic heterocycles. The van der Waals surface area contributed by atoms with Crippen molar-refractivity contribution in [2.75, 3.05) is 13.6 Å². The van der Waals surface area contributed by atoms with E-state index < -0.39 is 0 Å². The van der Waals surface area contributed by atoms with Crippen molar-refractivity contribution in [2.45, 2.75) is 33.1 Å². The van der Waals surface area contributed by atoms with Gasteiger partial charge in [-0.05, 0) is 38.1 Å². The summed E-state index contributed by atoms with van der Waals surface area (Å²) in [5.74, 6) is 2.26. The van der Waals surface area contributed by atoms with Gasteiger partial charge in [0.2, 0.25) is 0 Å². The predicted molar refractivity (Wildman–Crippen MR) is 54.6 cm³/mol. The summed E-state index contributed by atoms with van der Waals surface area (Å²) in [6.07, 6.45) is 3.43. The maximum atomic E-state index is 11.6. The molecule has 1 rings (SSSR count). The topological polar surface area (TPSA) is 29.1 Å². The SMILES string of the molecule is CNCC(=O)C1CCC(C)C(C)C1. The van der Waals surface area contributed by atoms with Gasteiger partial charge in [0.25, 0.3) is 0 Å². The van der Waals surface area contributed by atoms with Gasteiger partial charge < -0.3 is 5.32 Å². The van der Waals surface area contributed by atoms with Crippen molar-refractivity contribution in [1.29, 1.82) is 0 Å². The summed E-state index contributed by atoms with van der Waals surface area (Å²) < 4.78 is 0. The third kappa shape index (κ3) is 2.80. The number of nitrogens with one attached hydrogen (secondary N) is 1. The van der Waals surface area contributed by atoms with Crippen LogP contribution in [0.1, 0.15) is 33.1 Å². The normalized spacial score (nSPS) is 34.5. The predicted octanol–water partition coefficient (Wildman–Crippen LogP) is 1.85. The van der Waals surface area contributed by atoms with Gasteiger partial charge in [0.05, 0.1) is 6.54 Å². The molecule has 3 atom stereocenters. The van der Waals surface area contributed by atoms with Crippen molar-refractivity contribution < 1.29 is 4.79 Å². The molecular formula is C11H21NO. The largest absolute Gasteiger partial charge is 0.313 e. The minimum absolute atomic E-state index is 0.332. The zero-order valence-electron chi connectivity index (χ0n) is 8.97. The molecule has 0 heterocycles. The molecule has 2 heteroatoms. The second-order valence-corrected chi connectivity index (χ2v) is 4.46. The highest BCUT2D eigenvalue weighted by Gasteiger charge is 2.28. The highest BCUT2D eigenvalue weighted by atomic mass is 16.1. The maximum absolute atomic E-state index is 11.6. The molecule has 0 aromatic carbocycles. The van der Waals surface area contributed by atoms with Gasteiger partial charge in [-0.1, -0.05) is 13.8 Å². The van der Waals surface area contributed by atoms with Gasteiger partial charge in [-0.25, -0.2) is 0 Å². The highest BCUT2D eigenvalue weighted by molar-refractivity contribution is 5.83. The molecule has 0 amide bonds. The number of ketones is 1. The van der Waals surface area contributed by atoms with Crippen LogP contribution in [0.3, 0.4) is 0 Å². The van der Waals surface area contributed by atoms with Crippen LogP contribution in [-0.2, 0) is 4.79 Å². The Balaban J connectivity index is 2.40. The van der Waals surface area contributed by atoms with Gasteiger partial charge in [0.1, 0.15) is 5.78 Å². The van der Waals surface area contributed by atoms with E-state index >= 15 is 0 Å². The van der Waals surface area contributed by atoms with Crippen LogP contribution in [0.4, 0.5) is 0 Å². The Kier molecular flexibility index (Phi) is 3.91. The van der Waals surface area contributed by atoms with Crippen molar-refractivity contribution in [1.82, 2.24) is 5.32 Å². The van der Waals surface area contributed by atoms with E-state index in [9.17, 15) is 4.79 Å². The summed E-state index contributed by atoms with van der Waals surface area (Å²) in [6, 6.07) is 0. The van der Waals surface area contributed by atoms with Crippen LogP contribution in [-0.4, -0.2) is 19.4 Å². The zero-order valence-corrected chi connectivity index (χ0v) is 8.97. The average Bonchev–Trinajstić information content (AvgIpc) is 2.10. The van der Waals surface area contributed by atoms with Crippen LogP contribution in [0.2, 0.25) is 0 Å². The Morgan fingerprint density at radius 2 is 2.00 bits per heavy atom. The second kappa shape index (κ2) is 4.75. The van der Waals surface area contributed by atoms with Gasteiger partial charge in [0, 0.05) is 5.92 Å². The molecule has 1 aliphatic carbocycles. The fraction of sp³-hybridized carbons (Fsp3) is 0.909. The van der Waals surface area contributed by atoms with E-state index in [1.807, 2.05) is 7.05 Å². The lowest BCUT2D eigenvalue weighted by Gasteiger charge is -2.31. The smallest absolute Gasteiger partial charge is 0.149 e. The van der Waals surface area contributed by atoms with Crippen molar-refractivity contribution in [3.63, 3.8) is 0 Å². The molecule has 0 aromatic heterocycles. The molecule has 0 radical (unpaired) electrons. The van der Waals surface area contributed by atoms with E-state index in [-0.39, 0.29) is 0 Å². The Bertz CT molecular complexity index is 179. The van der Waals surface area contributed by atoms with Crippen molar-refractivity contribution in [3.05, 3.63) is 0 Å². The third-order valence-electron chi connectivity index (χ3n) is 3.40. The molecule has 1 N–H and O–H groups in total. The molecule has 1 aliphatic rings. The minimum Gasteiger partial charge on any atom is -0.313 e. The van der Waals surface area contributed by atoms with Crippen LogP contribution in [0.15, 0.2) is 0 Å². The average molecular weight is 183 g/mol. The summed E-state index contributed by atoms with van der Waals surface area (Å²) in [5.41, 5.74) is 0.